The van der Waals surface area contributed by atoms with Crippen molar-refractivity contribution in [2.24, 2.45) is 11.8 Å². The summed E-state index contributed by atoms with van der Waals surface area (Å²) in [6.07, 6.45) is 9.56. The van der Waals surface area contributed by atoms with Crippen molar-refractivity contribution in [3.8, 4) is 0 Å². The van der Waals surface area contributed by atoms with Crippen molar-refractivity contribution >= 4 is 12.0 Å². The molecule has 0 aromatic heterocycles. The normalized spacial score (nSPS) is 27.1. The van der Waals surface area contributed by atoms with Gasteiger partial charge in [0, 0.05) is 19.6 Å². The van der Waals surface area contributed by atoms with Gasteiger partial charge >= 0.3 is 12.0 Å². The molecule has 2 aliphatic rings. The molecule has 2 N–H and O–H groups in total. The van der Waals surface area contributed by atoms with E-state index in [-0.39, 0.29) is 17.9 Å². The Balaban J connectivity index is 1.80. The molecule has 2 rings (SSSR count). The molecule has 0 heterocycles. The summed E-state index contributed by atoms with van der Waals surface area (Å²) < 4.78 is 0. The van der Waals surface area contributed by atoms with Crippen molar-refractivity contribution in [3.05, 3.63) is 0 Å². The van der Waals surface area contributed by atoms with E-state index in [0.717, 1.165) is 38.5 Å². The fraction of sp³-hybridized carbons (Fsp3) is 0.875. The second-order valence-electron chi connectivity index (χ2n) is 6.58. The van der Waals surface area contributed by atoms with E-state index in [0.29, 0.717) is 12.6 Å². The maximum Gasteiger partial charge on any atom is 0.317 e. The molecule has 0 bridgehead atoms. The minimum Gasteiger partial charge on any atom is -0.481 e. The van der Waals surface area contributed by atoms with Gasteiger partial charge < -0.3 is 15.3 Å². The number of hydrogen-bond donors (Lipinski definition) is 2. The molecular formula is C16H28N2O3. The van der Waals surface area contributed by atoms with Crippen molar-refractivity contribution < 1.29 is 14.7 Å². The first-order valence-electron chi connectivity index (χ1n) is 8.33. The van der Waals surface area contributed by atoms with E-state index in [1.807, 2.05) is 11.9 Å². The zero-order valence-electron chi connectivity index (χ0n) is 13.0. The summed E-state index contributed by atoms with van der Waals surface area (Å²) in [5, 5.41) is 12.2. The van der Waals surface area contributed by atoms with Gasteiger partial charge in [-0.1, -0.05) is 32.1 Å². The maximum absolute atomic E-state index is 12.2. The van der Waals surface area contributed by atoms with E-state index >= 15 is 0 Å². The van der Waals surface area contributed by atoms with Crippen LogP contribution in [0.4, 0.5) is 4.79 Å². The first kappa shape index (κ1) is 16.1. The van der Waals surface area contributed by atoms with Gasteiger partial charge in [0.2, 0.25) is 0 Å². The molecule has 0 aromatic rings. The van der Waals surface area contributed by atoms with Crippen LogP contribution in [-0.4, -0.2) is 41.6 Å². The van der Waals surface area contributed by atoms with E-state index in [2.05, 4.69) is 5.32 Å². The number of hydrogen-bond acceptors (Lipinski definition) is 2. The van der Waals surface area contributed by atoms with Crippen LogP contribution in [0, 0.1) is 11.8 Å². The number of carboxylic acid groups (broad SMARTS) is 1. The Morgan fingerprint density at radius 3 is 2.33 bits per heavy atom. The van der Waals surface area contributed by atoms with Crippen molar-refractivity contribution in [1.82, 2.24) is 10.2 Å². The average molecular weight is 296 g/mol. The van der Waals surface area contributed by atoms with Crippen LogP contribution in [0.5, 0.6) is 0 Å². The Kier molecular flexibility index (Phi) is 5.88. The molecule has 2 amide bonds. The Bertz CT molecular complexity index is 367. The number of aliphatic carboxylic acids is 1. The summed E-state index contributed by atoms with van der Waals surface area (Å²) in [5.41, 5.74) is 0. The molecule has 0 aromatic carbocycles. The second kappa shape index (κ2) is 7.66. The molecule has 0 radical (unpaired) electrons. The lowest BCUT2D eigenvalue weighted by atomic mass is 9.79. The molecule has 2 atom stereocenters. The van der Waals surface area contributed by atoms with Crippen molar-refractivity contribution in [2.75, 3.05) is 13.6 Å². The zero-order valence-corrected chi connectivity index (χ0v) is 13.0. The molecule has 0 aliphatic heterocycles. The quantitative estimate of drug-likeness (QED) is 0.838. The van der Waals surface area contributed by atoms with Crippen LogP contribution in [0.2, 0.25) is 0 Å². The Hall–Kier alpha value is -1.26. The fourth-order valence-electron chi connectivity index (χ4n) is 3.75. The number of urea groups is 1. The van der Waals surface area contributed by atoms with Gasteiger partial charge in [-0.3, -0.25) is 4.79 Å². The molecule has 120 valence electrons. The predicted octanol–water partition coefficient (Wildman–Crippen LogP) is 2.85. The summed E-state index contributed by atoms with van der Waals surface area (Å²) in [7, 11) is 1.86. The Morgan fingerprint density at radius 1 is 1.05 bits per heavy atom. The van der Waals surface area contributed by atoms with Gasteiger partial charge in [-0.15, -0.1) is 0 Å². The number of nitrogens with zero attached hydrogens (tertiary/aromatic N) is 1. The van der Waals surface area contributed by atoms with Gasteiger partial charge in [0.05, 0.1) is 5.92 Å². The predicted molar refractivity (Wildman–Crippen MR) is 81.1 cm³/mol. The second-order valence-corrected chi connectivity index (χ2v) is 6.58. The van der Waals surface area contributed by atoms with E-state index in [1.165, 1.54) is 19.3 Å². The molecule has 21 heavy (non-hydrogen) atoms. The number of carbonyl (C=O) groups is 2. The average Bonchev–Trinajstić information content (AvgIpc) is 2.52. The molecule has 2 saturated carbocycles. The summed E-state index contributed by atoms with van der Waals surface area (Å²) in [6, 6.07) is 0.303. The van der Waals surface area contributed by atoms with Crippen LogP contribution >= 0.6 is 0 Å². The van der Waals surface area contributed by atoms with E-state index in [9.17, 15) is 14.7 Å². The first-order valence-corrected chi connectivity index (χ1v) is 8.33. The highest BCUT2D eigenvalue weighted by atomic mass is 16.4. The van der Waals surface area contributed by atoms with Crippen molar-refractivity contribution in [2.45, 2.75) is 63.8 Å². The standard InChI is InChI=1S/C16H28N2O3/c1-18(13-8-3-2-4-9-13)16(21)17-11-12-7-5-6-10-14(12)15(19)20/h12-14H,2-11H2,1H3,(H,17,21)(H,19,20). The number of nitrogens with one attached hydrogen (secondary N) is 1. The summed E-state index contributed by atoms with van der Waals surface area (Å²) >= 11 is 0. The van der Waals surface area contributed by atoms with E-state index in [1.54, 1.807) is 0 Å². The summed E-state index contributed by atoms with van der Waals surface area (Å²) in [6.45, 7) is 0.493. The highest BCUT2D eigenvalue weighted by Crippen LogP contribution is 2.30. The molecule has 2 unspecified atom stereocenters. The van der Waals surface area contributed by atoms with Crippen LogP contribution in [0.3, 0.4) is 0 Å². The smallest absolute Gasteiger partial charge is 0.317 e. The van der Waals surface area contributed by atoms with Crippen molar-refractivity contribution in [1.29, 1.82) is 0 Å². The number of carboxylic acids is 1. The summed E-state index contributed by atoms with van der Waals surface area (Å²) in [5.74, 6) is -0.923. The van der Waals surface area contributed by atoms with Gasteiger partial charge in [-0.25, -0.2) is 4.79 Å². The van der Waals surface area contributed by atoms with Crippen LogP contribution in [0.25, 0.3) is 0 Å². The molecule has 2 aliphatic carbocycles. The van der Waals surface area contributed by atoms with Crippen LogP contribution in [-0.2, 0) is 4.79 Å². The number of rotatable bonds is 4. The third kappa shape index (κ3) is 4.35. The lowest BCUT2D eigenvalue weighted by Crippen LogP contribution is -2.47. The van der Waals surface area contributed by atoms with Crippen LogP contribution < -0.4 is 5.32 Å². The SMILES string of the molecule is CN(C(=O)NCC1CCCCC1C(=O)O)C1CCCCC1. The van der Waals surface area contributed by atoms with Gasteiger partial charge in [-0.05, 0) is 31.6 Å². The van der Waals surface area contributed by atoms with Gasteiger partial charge in [0.25, 0.3) is 0 Å². The third-order valence-corrected chi connectivity index (χ3v) is 5.18. The molecule has 5 nitrogen and oxygen atoms in total. The largest absolute Gasteiger partial charge is 0.481 e. The van der Waals surface area contributed by atoms with Gasteiger partial charge in [-0.2, -0.15) is 0 Å². The lowest BCUT2D eigenvalue weighted by molar-refractivity contribution is -0.144. The maximum atomic E-state index is 12.2. The summed E-state index contributed by atoms with van der Waals surface area (Å²) in [4.78, 5) is 25.3. The fourth-order valence-corrected chi connectivity index (χ4v) is 3.75. The molecular weight excluding hydrogens is 268 g/mol. The number of carbonyl (C=O) groups excluding carboxylic acids is 1. The lowest BCUT2D eigenvalue weighted by Gasteiger charge is -2.33. The first-order chi connectivity index (χ1) is 10.1. The minimum absolute atomic E-state index is 0.0448. The minimum atomic E-state index is -0.713. The number of amides is 2. The van der Waals surface area contributed by atoms with Crippen LogP contribution in [0.1, 0.15) is 57.8 Å². The highest BCUT2D eigenvalue weighted by Gasteiger charge is 2.31. The van der Waals surface area contributed by atoms with Crippen molar-refractivity contribution in [3.63, 3.8) is 0 Å². The Morgan fingerprint density at radius 2 is 1.67 bits per heavy atom. The Labute approximate surface area is 127 Å². The molecule has 2 fully saturated rings. The molecule has 5 heteroatoms. The van der Waals surface area contributed by atoms with E-state index < -0.39 is 5.97 Å². The topological polar surface area (TPSA) is 69.6 Å². The van der Waals surface area contributed by atoms with Gasteiger partial charge in [0.1, 0.15) is 0 Å². The van der Waals surface area contributed by atoms with Gasteiger partial charge in [0.15, 0.2) is 0 Å². The highest BCUT2D eigenvalue weighted by molar-refractivity contribution is 5.74. The van der Waals surface area contributed by atoms with Crippen LogP contribution in [0.15, 0.2) is 0 Å². The molecule has 0 saturated heterocycles. The zero-order chi connectivity index (χ0) is 15.2. The molecule has 0 spiro atoms. The monoisotopic (exact) mass is 296 g/mol. The van der Waals surface area contributed by atoms with E-state index in [4.69, 9.17) is 0 Å². The third-order valence-electron chi connectivity index (χ3n) is 5.18.